The van der Waals surface area contributed by atoms with Crippen molar-refractivity contribution in [1.82, 2.24) is 0 Å². The molecule has 0 amide bonds. The Bertz CT molecular complexity index is 344. The predicted octanol–water partition coefficient (Wildman–Crippen LogP) is 3.53. The van der Waals surface area contributed by atoms with E-state index >= 15 is 0 Å². The van der Waals surface area contributed by atoms with Crippen LogP contribution in [-0.2, 0) is 6.42 Å². The van der Waals surface area contributed by atoms with Crippen LogP contribution >= 0.6 is 38.5 Å². The minimum Gasteiger partial charge on any atom is -0.258 e. The molecule has 0 bridgehead atoms. The Morgan fingerprint density at radius 3 is 2.79 bits per heavy atom. The van der Waals surface area contributed by atoms with Crippen molar-refractivity contribution in [2.24, 2.45) is 0 Å². The maximum Gasteiger partial charge on any atom is 0.272 e. The van der Waals surface area contributed by atoms with Gasteiger partial charge in [0, 0.05) is 20.5 Å². The van der Waals surface area contributed by atoms with Gasteiger partial charge in [-0.15, -0.1) is 0 Å². The average molecular weight is 370 g/mol. The smallest absolute Gasteiger partial charge is 0.258 e. The number of aryl methyl sites for hydroxylation is 1. The molecule has 0 radical (unpaired) electrons. The van der Waals surface area contributed by atoms with Gasteiger partial charge in [0.2, 0.25) is 0 Å². The summed E-state index contributed by atoms with van der Waals surface area (Å²) in [4.78, 5) is 10.4. The zero-order chi connectivity index (χ0) is 10.6. The quantitative estimate of drug-likeness (QED) is 0.352. The van der Waals surface area contributed by atoms with Crippen molar-refractivity contribution >= 4 is 44.2 Å². The largest absolute Gasteiger partial charge is 0.272 e. The molecule has 0 aromatic heterocycles. The highest BCUT2D eigenvalue weighted by molar-refractivity contribution is 14.1. The second-order valence-electron chi connectivity index (χ2n) is 2.82. The Morgan fingerprint density at radius 2 is 2.21 bits per heavy atom. The summed E-state index contributed by atoms with van der Waals surface area (Å²) in [6.45, 7) is 0. The van der Waals surface area contributed by atoms with E-state index in [0.29, 0.717) is 0 Å². The third kappa shape index (κ3) is 3.20. The van der Waals surface area contributed by atoms with Crippen molar-refractivity contribution in [3.05, 3.63) is 37.4 Å². The monoisotopic (exact) mass is 369 g/mol. The predicted molar refractivity (Wildman–Crippen MR) is 67.9 cm³/mol. The van der Waals surface area contributed by atoms with Gasteiger partial charge < -0.3 is 0 Å². The van der Waals surface area contributed by atoms with Crippen LogP contribution in [0.2, 0.25) is 0 Å². The van der Waals surface area contributed by atoms with Crippen LogP contribution in [0, 0.1) is 13.7 Å². The van der Waals surface area contributed by atoms with Crippen LogP contribution in [-0.4, -0.2) is 10.3 Å². The molecule has 1 rings (SSSR count). The van der Waals surface area contributed by atoms with E-state index in [1.165, 1.54) is 0 Å². The number of nitro groups is 1. The van der Waals surface area contributed by atoms with Gasteiger partial charge in [0.25, 0.3) is 5.69 Å². The number of nitrogens with zero attached hydrogens (tertiary/aromatic N) is 1. The van der Waals surface area contributed by atoms with E-state index in [0.717, 1.165) is 27.3 Å². The molecule has 0 aliphatic carbocycles. The molecule has 0 aliphatic rings. The van der Waals surface area contributed by atoms with Crippen LogP contribution < -0.4 is 0 Å². The summed E-state index contributed by atoms with van der Waals surface area (Å²) in [6, 6.07) is 5.21. The van der Waals surface area contributed by atoms with Crippen molar-refractivity contribution in [2.45, 2.75) is 12.8 Å². The first-order valence-electron chi connectivity index (χ1n) is 4.14. The first-order valence-corrected chi connectivity index (χ1v) is 6.34. The fraction of sp³-hybridized carbons (Fsp3) is 0.333. The summed E-state index contributed by atoms with van der Waals surface area (Å²) in [5, 5.41) is 11.6. The highest BCUT2D eigenvalue weighted by Crippen LogP contribution is 2.22. The summed E-state index contributed by atoms with van der Waals surface area (Å²) >= 11 is 5.48. The number of halogens is 2. The molecule has 14 heavy (non-hydrogen) atoms. The summed E-state index contributed by atoms with van der Waals surface area (Å²) in [6.07, 6.45) is 1.67. The summed E-state index contributed by atoms with van der Waals surface area (Å²) < 4.78 is 1.04. The van der Waals surface area contributed by atoms with E-state index in [1.807, 2.05) is 6.07 Å². The molecule has 3 nitrogen and oxygen atoms in total. The normalized spacial score (nSPS) is 10.1. The summed E-state index contributed by atoms with van der Waals surface area (Å²) in [5.74, 6) is 0. The van der Waals surface area contributed by atoms with Crippen LogP contribution in [0.3, 0.4) is 0 Å². The number of hydrogen-bond acceptors (Lipinski definition) is 2. The molecular formula is C9H9BrINO2. The number of nitro benzene ring substituents is 1. The van der Waals surface area contributed by atoms with Gasteiger partial charge in [-0.25, -0.2) is 0 Å². The Kier molecular flexibility index (Phi) is 4.80. The molecule has 0 N–H and O–H groups in total. The second kappa shape index (κ2) is 5.65. The van der Waals surface area contributed by atoms with E-state index in [-0.39, 0.29) is 10.6 Å². The fourth-order valence-electron chi connectivity index (χ4n) is 1.19. The Hall–Kier alpha value is -0.170. The molecule has 0 heterocycles. The van der Waals surface area contributed by atoms with Crippen molar-refractivity contribution < 1.29 is 4.92 Å². The average Bonchev–Trinajstić information content (AvgIpc) is 2.14. The standard InChI is InChI=1S/C9H9BrINO2/c10-5-1-2-7-6-8(11)3-4-9(7)12(13)14/h3-4,6H,1-2,5H2. The topological polar surface area (TPSA) is 43.1 Å². The molecule has 0 spiro atoms. The Labute approximate surface area is 104 Å². The van der Waals surface area contributed by atoms with E-state index in [1.54, 1.807) is 12.1 Å². The van der Waals surface area contributed by atoms with Crippen molar-refractivity contribution in [2.75, 3.05) is 5.33 Å². The molecule has 0 aliphatic heterocycles. The van der Waals surface area contributed by atoms with Gasteiger partial charge in [0.05, 0.1) is 4.92 Å². The van der Waals surface area contributed by atoms with Gasteiger partial charge in [-0.05, 0) is 47.6 Å². The van der Waals surface area contributed by atoms with Crippen molar-refractivity contribution in [3.63, 3.8) is 0 Å². The number of hydrogen-bond donors (Lipinski definition) is 0. The SMILES string of the molecule is O=[N+]([O-])c1ccc(I)cc1CCCBr. The lowest BCUT2D eigenvalue weighted by molar-refractivity contribution is -0.385. The second-order valence-corrected chi connectivity index (χ2v) is 4.86. The van der Waals surface area contributed by atoms with Gasteiger partial charge in [-0.1, -0.05) is 15.9 Å². The van der Waals surface area contributed by atoms with Crippen LogP contribution in [0.15, 0.2) is 18.2 Å². The lowest BCUT2D eigenvalue weighted by Crippen LogP contribution is -1.96. The minimum absolute atomic E-state index is 0.228. The van der Waals surface area contributed by atoms with Gasteiger partial charge in [0.15, 0.2) is 0 Å². The van der Waals surface area contributed by atoms with Crippen LogP contribution in [0.5, 0.6) is 0 Å². The highest BCUT2D eigenvalue weighted by Gasteiger charge is 2.12. The van der Waals surface area contributed by atoms with Gasteiger partial charge in [-0.2, -0.15) is 0 Å². The molecule has 0 fully saturated rings. The molecule has 0 atom stereocenters. The van der Waals surface area contributed by atoms with Gasteiger partial charge in [0.1, 0.15) is 0 Å². The Balaban J connectivity index is 2.97. The van der Waals surface area contributed by atoms with Crippen molar-refractivity contribution in [3.8, 4) is 0 Å². The van der Waals surface area contributed by atoms with Crippen LogP contribution in [0.25, 0.3) is 0 Å². The third-order valence-corrected chi connectivity index (χ3v) is 3.05. The van der Waals surface area contributed by atoms with Gasteiger partial charge in [-0.3, -0.25) is 10.1 Å². The highest BCUT2D eigenvalue weighted by atomic mass is 127. The maximum absolute atomic E-state index is 10.7. The first kappa shape index (κ1) is 11.9. The lowest BCUT2D eigenvalue weighted by Gasteiger charge is -2.01. The Morgan fingerprint density at radius 1 is 1.50 bits per heavy atom. The molecule has 0 saturated heterocycles. The van der Waals surface area contributed by atoms with E-state index in [4.69, 9.17) is 0 Å². The maximum atomic E-state index is 10.7. The third-order valence-electron chi connectivity index (χ3n) is 1.82. The molecule has 76 valence electrons. The molecule has 1 aromatic carbocycles. The molecule has 1 aromatic rings. The minimum atomic E-state index is -0.320. The molecule has 0 unspecified atom stereocenters. The summed E-state index contributed by atoms with van der Waals surface area (Å²) in [5.41, 5.74) is 1.05. The van der Waals surface area contributed by atoms with E-state index in [2.05, 4.69) is 38.5 Å². The molecule has 5 heteroatoms. The zero-order valence-corrected chi connectivity index (χ0v) is 11.1. The fourth-order valence-corrected chi connectivity index (χ4v) is 2.03. The van der Waals surface area contributed by atoms with Gasteiger partial charge >= 0.3 is 0 Å². The number of rotatable bonds is 4. The van der Waals surface area contributed by atoms with Crippen molar-refractivity contribution in [1.29, 1.82) is 0 Å². The molecule has 0 saturated carbocycles. The lowest BCUT2D eigenvalue weighted by atomic mass is 10.1. The van der Waals surface area contributed by atoms with E-state index < -0.39 is 0 Å². The zero-order valence-electron chi connectivity index (χ0n) is 7.37. The number of benzene rings is 1. The number of alkyl halides is 1. The van der Waals surface area contributed by atoms with Crippen LogP contribution in [0.4, 0.5) is 5.69 Å². The van der Waals surface area contributed by atoms with E-state index in [9.17, 15) is 10.1 Å². The molecular weight excluding hydrogens is 361 g/mol. The summed E-state index contributed by atoms with van der Waals surface area (Å²) in [7, 11) is 0. The van der Waals surface area contributed by atoms with Crippen LogP contribution in [0.1, 0.15) is 12.0 Å². The first-order chi connectivity index (χ1) is 6.65.